The number of rotatable bonds is 6. The van der Waals surface area contributed by atoms with E-state index in [1.165, 1.54) is 12.0 Å². The van der Waals surface area contributed by atoms with E-state index in [1.807, 2.05) is 0 Å². The topological polar surface area (TPSA) is 32.7 Å². The van der Waals surface area contributed by atoms with E-state index >= 15 is 0 Å². The number of likely N-dealkylation sites (N-methyl/N-ethyl adjacent to an activating group) is 1. The molecular weight excluding hydrogens is 259 g/mol. The summed E-state index contributed by atoms with van der Waals surface area (Å²) in [6.07, 6.45) is -5.89. The highest BCUT2D eigenvalue weighted by Crippen LogP contribution is 2.22. The minimum atomic E-state index is -4.17. The molecule has 0 radical (unpaired) electrons. The van der Waals surface area contributed by atoms with Gasteiger partial charge < -0.3 is 14.7 Å². The van der Waals surface area contributed by atoms with Crippen molar-refractivity contribution in [3.63, 3.8) is 0 Å². The fourth-order valence-electron chi connectivity index (χ4n) is 1.66. The van der Waals surface area contributed by atoms with Crippen molar-refractivity contribution >= 4 is 0 Å². The standard InChI is InChI=1S/C13H18F3NO2/c1-17(7-6-13(14,15)16)9-12(18)10-4-3-5-11(8-10)19-2/h3-5,8,12,18H,6-7,9H2,1-2H3. The number of nitrogens with zero attached hydrogens (tertiary/aromatic N) is 1. The van der Waals surface area contributed by atoms with Gasteiger partial charge >= 0.3 is 6.18 Å². The van der Waals surface area contributed by atoms with E-state index in [0.29, 0.717) is 11.3 Å². The zero-order valence-electron chi connectivity index (χ0n) is 10.9. The van der Waals surface area contributed by atoms with Gasteiger partial charge in [0.25, 0.3) is 0 Å². The number of benzene rings is 1. The summed E-state index contributed by atoms with van der Waals surface area (Å²) in [5.41, 5.74) is 0.623. The van der Waals surface area contributed by atoms with Crippen LogP contribution in [0.4, 0.5) is 13.2 Å². The van der Waals surface area contributed by atoms with Gasteiger partial charge in [0, 0.05) is 13.1 Å². The van der Waals surface area contributed by atoms with Crippen molar-refractivity contribution in [2.45, 2.75) is 18.7 Å². The summed E-state index contributed by atoms with van der Waals surface area (Å²) in [4.78, 5) is 1.46. The molecule has 108 valence electrons. The van der Waals surface area contributed by atoms with Crippen molar-refractivity contribution in [2.75, 3.05) is 27.2 Å². The van der Waals surface area contributed by atoms with Crippen LogP contribution >= 0.6 is 0 Å². The lowest BCUT2D eigenvalue weighted by Gasteiger charge is -2.21. The van der Waals surface area contributed by atoms with Gasteiger partial charge in [-0.15, -0.1) is 0 Å². The molecule has 0 fully saturated rings. The Morgan fingerprint density at radius 3 is 2.63 bits per heavy atom. The van der Waals surface area contributed by atoms with Gasteiger partial charge in [0.05, 0.1) is 19.6 Å². The van der Waals surface area contributed by atoms with Crippen molar-refractivity contribution in [1.29, 1.82) is 0 Å². The average molecular weight is 277 g/mol. The first-order valence-electron chi connectivity index (χ1n) is 5.89. The Hall–Kier alpha value is -1.27. The first-order valence-corrected chi connectivity index (χ1v) is 5.89. The predicted molar refractivity (Wildman–Crippen MR) is 66.1 cm³/mol. The highest BCUT2D eigenvalue weighted by atomic mass is 19.4. The van der Waals surface area contributed by atoms with Crippen molar-refractivity contribution in [2.24, 2.45) is 0 Å². The van der Waals surface area contributed by atoms with Gasteiger partial charge in [-0.25, -0.2) is 0 Å². The summed E-state index contributed by atoms with van der Waals surface area (Å²) in [5, 5.41) is 9.96. The molecule has 1 N–H and O–H groups in total. The van der Waals surface area contributed by atoms with Crippen LogP contribution in [0.3, 0.4) is 0 Å². The molecule has 1 atom stereocenters. The van der Waals surface area contributed by atoms with E-state index in [4.69, 9.17) is 4.74 Å². The molecule has 0 aliphatic carbocycles. The number of halogens is 3. The summed E-state index contributed by atoms with van der Waals surface area (Å²) in [5.74, 6) is 0.606. The zero-order chi connectivity index (χ0) is 14.5. The Kier molecular flexibility index (Phi) is 5.62. The Balaban J connectivity index is 2.51. The van der Waals surface area contributed by atoms with Gasteiger partial charge in [-0.05, 0) is 24.7 Å². The molecule has 0 bridgehead atoms. The number of hydrogen-bond acceptors (Lipinski definition) is 3. The molecule has 3 nitrogen and oxygen atoms in total. The molecule has 0 aliphatic rings. The summed E-state index contributed by atoms with van der Waals surface area (Å²) >= 11 is 0. The number of aliphatic hydroxyl groups is 1. The summed E-state index contributed by atoms with van der Waals surface area (Å²) in [6.45, 7) is 0.00771. The number of alkyl halides is 3. The van der Waals surface area contributed by atoms with Crippen LogP contribution in [0.1, 0.15) is 18.1 Å². The van der Waals surface area contributed by atoms with Crippen LogP contribution < -0.4 is 4.74 Å². The lowest BCUT2D eigenvalue weighted by molar-refractivity contribution is -0.137. The summed E-state index contributed by atoms with van der Waals surface area (Å²) < 4.78 is 41.2. The Morgan fingerprint density at radius 1 is 1.37 bits per heavy atom. The van der Waals surface area contributed by atoms with E-state index in [1.54, 1.807) is 31.3 Å². The van der Waals surface area contributed by atoms with Gasteiger partial charge in [0.15, 0.2) is 0 Å². The van der Waals surface area contributed by atoms with Crippen molar-refractivity contribution < 1.29 is 23.0 Å². The molecule has 1 unspecified atom stereocenters. The fourth-order valence-corrected chi connectivity index (χ4v) is 1.66. The Bertz CT molecular complexity index is 396. The number of ether oxygens (including phenoxy) is 1. The Labute approximate surface area is 110 Å². The molecule has 0 spiro atoms. The highest BCUT2D eigenvalue weighted by molar-refractivity contribution is 5.29. The van der Waals surface area contributed by atoms with Gasteiger partial charge in [-0.2, -0.15) is 13.2 Å². The van der Waals surface area contributed by atoms with Gasteiger partial charge in [0.2, 0.25) is 0 Å². The third-order valence-electron chi connectivity index (χ3n) is 2.74. The normalized spacial score (nSPS) is 13.6. The third kappa shape index (κ3) is 5.94. The molecule has 1 aromatic rings. The SMILES string of the molecule is COc1cccc(C(O)CN(C)CCC(F)(F)F)c1. The molecule has 0 amide bonds. The van der Waals surface area contributed by atoms with Crippen LogP contribution in [-0.2, 0) is 0 Å². The monoisotopic (exact) mass is 277 g/mol. The maximum absolute atomic E-state index is 12.1. The largest absolute Gasteiger partial charge is 0.497 e. The molecule has 0 aromatic heterocycles. The fraction of sp³-hybridized carbons (Fsp3) is 0.538. The van der Waals surface area contributed by atoms with Crippen LogP contribution in [0, 0.1) is 0 Å². The molecule has 0 aliphatic heterocycles. The molecule has 1 rings (SSSR count). The van der Waals surface area contributed by atoms with Crippen LogP contribution in [0.2, 0.25) is 0 Å². The van der Waals surface area contributed by atoms with Crippen molar-refractivity contribution in [3.8, 4) is 5.75 Å². The minimum absolute atomic E-state index is 0.134. The lowest BCUT2D eigenvalue weighted by Crippen LogP contribution is -2.28. The van der Waals surface area contributed by atoms with Crippen LogP contribution in [0.5, 0.6) is 5.75 Å². The second kappa shape index (κ2) is 6.77. The third-order valence-corrected chi connectivity index (χ3v) is 2.74. The van der Waals surface area contributed by atoms with Crippen LogP contribution in [-0.4, -0.2) is 43.4 Å². The zero-order valence-corrected chi connectivity index (χ0v) is 10.9. The maximum atomic E-state index is 12.1. The van der Waals surface area contributed by atoms with Crippen LogP contribution in [0.15, 0.2) is 24.3 Å². The smallest absolute Gasteiger partial charge is 0.390 e. The molecule has 0 saturated heterocycles. The first-order chi connectivity index (χ1) is 8.81. The molecule has 0 saturated carbocycles. The van der Waals surface area contributed by atoms with Crippen molar-refractivity contribution in [1.82, 2.24) is 4.90 Å². The molecular formula is C13H18F3NO2. The highest BCUT2D eigenvalue weighted by Gasteiger charge is 2.27. The van der Waals surface area contributed by atoms with E-state index in [2.05, 4.69) is 0 Å². The summed E-state index contributed by atoms with van der Waals surface area (Å²) in [7, 11) is 3.07. The molecule has 1 aromatic carbocycles. The number of aliphatic hydroxyl groups excluding tert-OH is 1. The molecule has 19 heavy (non-hydrogen) atoms. The predicted octanol–water partition coefficient (Wildman–Crippen LogP) is 2.61. The lowest BCUT2D eigenvalue weighted by atomic mass is 10.1. The molecule has 0 heterocycles. The first kappa shape index (κ1) is 15.8. The van der Waals surface area contributed by atoms with Gasteiger partial charge in [0.1, 0.15) is 5.75 Å². The van der Waals surface area contributed by atoms with Gasteiger partial charge in [-0.3, -0.25) is 0 Å². The number of hydrogen-bond donors (Lipinski definition) is 1. The van der Waals surface area contributed by atoms with E-state index in [-0.39, 0.29) is 13.1 Å². The Morgan fingerprint density at radius 2 is 2.05 bits per heavy atom. The molecule has 6 heteroatoms. The second-order valence-electron chi connectivity index (χ2n) is 4.42. The second-order valence-corrected chi connectivity index (χ2v) is 4.42. The van der Waals surface area contributed by atoms with E-state index < -0.39 is 18.7 Å². The van der Waals surface area contributed by atoms with E-state index in [0.717, 1.165) is 0 Å². The number of methoxy groups -OCH3 is 1. The summed E-state index contributed by atoms with van der Waals surface area (Å²) in [6, 6.07) is 6.85. The average Bonchev–Trinajstić information content (AvgIpc) is 2.35. The van der Waals surface area contributed by atoms with Gasteiger partial charge in [-0.1, -0.05) is 12.1 Å². The van der Waals surface area contributed by atoms with Crippen molar-refractivity contribution in [3.05, 3.63) is 29.8 Å². The quantitative estimate of drug-likeness (QED) is 0.867. The maximum Gasteiger partial charge on any atom is 0.390 e. The van der Waals surface area contributed by atoms with Crippen LogP contribution in [0.25, 0.3) is 0 Å². The minimum Gasteiger partial charge on any atom is -0.497 e. The van der Waals surface area contributed by atoms with E-state index in [9.17, 15) is 18.3 Å².